The van der Waals surface area contributed by atoms with Gasteiger partial charge in [0.25, 0.3) is 10.0 Å². The van der Waals surface area contributed by atoms with Gasteiger partial charge in [-0.15, -0.1) is 11.3 Å². The van der Waals surface area contributed by atoms with Crippen LogP contribution in [0.5, 0.6) is 0 Å². The van der Waals surface area contributed by atoms with Crippen LogP contribution in [0.4, 0.5) is 5.69 Å². The lowest BCUT2D eigenvalue weighted by Crippen LogP contribution is -2.51. The highest BCUT2D eigenvalue weighted by Gasteiger charge is 2.27. The summed E-state index contributed by atoms with van der Waals surface area (Å²) < 4.78 is 27.5. The quantitative estimate of drug-likeness (QED) is 0.352. The van der Waals surface area contributed by atoms with Gasteiger partial charge in [-0.1, -0.05) is 24.3 Å². The maximum absolute atomic E-state index is 13.3. The molecular weight excluding hydrogens is 531 g/mol. The first kappa shape index (κ1) is 25.3. The molecule has 3 heterocycles. The Kier molecular flexibility index (Phi) is 6.73. The van der Waals surface area contributed by atoms with Gasteiger partial charge in [0, 0.05) is 36.5 Å². The lowest BCUT2D eigenvalue weighted by atomic mass is 10.2. The van der Waals surface area contributed by atoms with Gasteiger partial charge in [0.2, 0.25) is 11.8 Å². The van der Waals surface area contributed by atoms with E-state index in [4.69, 9.17) is 0 Å². The summed E-state index contributed by atoms with van der Waals surface area (Å²) >= 11 is 5.83. The third kappa shape index (κ3) is 4.96. The van der Waals surface area contributed by atoms with Gasteiger partial charge in [-0.25, -0.2) is 17.1 Å². The van der Waals surface area contributed by atoms with Crippen molar-refractivity contribution in [2.45, 2.75) is 25.3 Å². The van der Waals surface area contributed by atoms with Gasteiger partial charge < -0.3 is 14.8 Å². The van der Waals surface area contributed by atoms with Crippen molar-refractivity contribution in [3.05, 3.63) is 65.2 Å². The number of anilines is 1. The van der Waals surface area contributed by atoms with E-state index in [0.29, 0.717) is 30.8 Å². The van der Waals surface area contributed by atoms with E-state index in [9.17, 15) is 18.0 Å². The molecule has 9 nitrogen and oxygen atoms in total. The molecular formula is C25H25N5O4S3. The summed E-state index contributed by atoms with van der Waals surface area (Å²) in [7, 11) is -3.89. The van der Waals surface area contributed by atoms with Crippen LogP contribution in [0.2, 0.25) is 0 Å². The second-order valence-electron chi connectivity index (χ2n) is 8.88. The molecule has 1 saturated heterocycles. The van der Waals surface area contributed by atoms with Crippen LogP contribution in [-0.2, 0) is 26.2 Å². The van der Waals surface area contributed by atoms with Gasteiger partial charge >= 0.3 is 0 Å². The second-order valence-corrected chi connectivity index (χ2v) is 12.4. The first-order valence-corrected chi connectivity index (χ1v) is 14.2. The van der Waals surface area contributed by atoms with Crippen LogP contribution < -0.4 is 3.71 Å². The Bertz CT molecular complexity index is 1610. The Morgan fingerprint density at radius 1 is 1.19 bits per heavy atom. The SMILES string of the molecule is CC(=O)N1CCN(Cc2cnc(-c3cc4cccc(N(S)S(=O)(=O)c5cccc(C)c5)c4[nH]3)s2)C(=O)C1. The number of amides is 2. The number of sulfonamides is 1. The average molecular weight is 556 g/mol. The minimum atomic E-state index is -3.89. The molecule has 1 fully saturated rings. The molecule has 0 unspecified atom stereocenters. The fraction of sp³-hybridized carbons (Fsp3) is 0.240. The van der Waals surface area contributed by atoms with Gasteiger partial charge in [-0.2, -0.15) is 0 Å². The number of H-pyrrole nitrogens is 1. The summed E-state index contributed by atoms with van der Waals surface area (Å²) in [5.74, 6) is -0.187. The average Bonchev–Trinajstić information content (AvgIpc) is 3.51. The van der Waals surface area contributed by atoms with E-state index in [0.717, 1.165) is 30.2 Å². The van der Waals surface area contributed by atoms with Crippen molar-refractivity contribution < 1.29 is 18.0 Å². The molecule has 0 aliphatic carbocycles. The molecule has 0 spiro atoms. The molecule has 1 N–H and O–H groups in total. The Balaban J connectivity index is 1.39. The number of carbonyl (C=O) groups excluding carboxylic acids is 2. The number of thiazole rings is 1. The predicted octanol–water partition coefficient (Wildman–Crippen LogP) is 3.83. The van der Waals surface area contributed by atoms with Gasteiger partial charge in [-0.3, -0.25) is 9.59 Å². The van der Waals surface area contributed by atoms with E-state index in [1.807, 2.05) is 25.1 Å². The van der Waals surface area contributed by atoms with Crippen LogP contribution in [-0.4, -0.2) is 59.6 Å². The number of nitrogens with zero attached hydrogens (tertiary/aromatic N) is 4. The third-order valence-corrected chi connectivity index (χ3v) is 9.63. The molecule has 5 rings (SSSR count). The Morgan fingerprint density at radius 2 is 1.97 bits per heavy atom. The fourth-order valence-corrected chi connectivity index (χ4v) is 6.80. The topological polar surface area (TPSA) is 107 Å². The van der Waals surface area contributed by atoms with Crippen molar-refractivity contribution in [2.75, 3.05) is 23.3 Å². The van der Waals surface area contributed by atoms with Gasteiger partial charge in [0.05, 0.1) is 34.9 Å². The highest BCUT2D eigenvalue weighted by molar-refractivity contribution is 8.06. The molecule has 12 heteroatoms. The zero-order chi connectivity index (χ0) is 26.3. The number of benzene rings is 2. The molecule has 0 saturated carbocycles. The zero-order valence-electron chi connectivity index (χ0n) is 20.2. The largest absolute Gasteiger partial charge is 0.351 e. The van der Waals surface area contributed by atoms with Crippen molar-refractivity contribution in [1.29, 1.82) is 0 Å². The van der Waals surface area contributed by atoms with Gasteiger partial charge in [-0.05, 0) is 49.6 Å². The van der Waals surface area contributed by atoms with Gasteiger partial charge in [0.1, 0.15) is 5.01 Å². The Morgan fingerprint density at radius 3 is 2.70 bits per heavy atom. The Hall–Kier alpha value is -3.35. The molecule has 2 aromatic heterocycles. The number of aromatic nitrogens is 2. The number of hydrogen-bond acceptors (Lipinski definition) is 7. The van der Waals surface area contributed by atoms with Crippen LogP contribution in [0.15, 0.2) is 59.6 Å². The second kappa shape index (κ2) is 9.84. The van der Waals surface area contributed by atoms with E-state index >= 15 is 0 Å². The summed E-state index contributed by atoms with van der Waals surface area (Å²) in [5.41, 5.74) is 2.60. The smallest absolute Gasteiger partial charge is 0.273 e. The third-order valence-electron chi connectivity index (χ3n) is 6.25. The number of para-hydroxylation sites is 1. The van der Waals surface area contributed by atoms with Crippen molar-refractivity contribution in [3.63, 3.8) is 0 Å². The van der Waals surface area contributed by atoms with E-state index in [2.05, 4.69) is 22.8 Å². The number of rotatable bonds is 6. The molecule has 2 amide bonds. The van der Waals surface area contributed by atoms with Crippen molar-refractivity contribution in [1.82, 2.24) is 19.8 Å². The minimum absolute atomic E-state index is 0.0876. The maximum Gasteiger partial charge on any atom is 0.273 e. The molecule has 2 aromatic carbocycles. The molecule has 0 bridgehead atoms. The predicted molar refractivity (Wildman–Crippen MR) is 147 cm³/mol. The summed E-state index contributed by atoms with van der Waals surface area (Å²) in [6, 6.07) is 14.0. The number of aryl methyl sites for hydroxylation is 1. The summed E-state index contributed by atoms with van der Waals surface area (Å²) in [4.78, 5) is 36.2. The number of aromatic amines is 1. The number of piperazine rings is 1. The van der Waals surface area contributed by atoms with E-state index in [-0.39, 0.29) is 23.3 Å². The van der Waals surface area contributed by atoms with Gasteiger partial charge in [0.15, 0.2) is 0 Å². The van der Waals surface area contributed by atoms with Crippen molar-refractivity contribution in [3.8, 4) is 10.7 Å². The maximum atomic E-state index is 13.3. The number of hydrogen-bond donors (Lipinski definition) is 2. The molecule has 192 valence electrons. The monoisotopic (exact) mass is 555 g/mol. The Labute approximate surface area is 224 Å². The first-order valence-electron chi connectivity index (χ1n) is 11.5. The molecule has 0 radical (unpaired) electrons. The van der Waals surface area contributed by atoms with Crippen LogP contribution >= 0.6 is 24.2 Å². The van der Waals surface area contributed by atoms with E-state index in [1.165, 1.54) is 18.3 Å². The fourth-order valence-electron chi connectivity index (χ4n) is 4.26. The van der Waals surface area contributed by atoms with Crippen LogP contribution in [0.3, 0.4) is 0 Å². The number of fused-ring (bicyclic) bond motifs is 1. The molecule has 0 atom stereocenters. The normalized spacial score (nSPS) is 14.4. The first-order chi connectivity index (χ1) is 17.6. The van der Waals surface area contributed by atoms with Crippen LogP contribution in [0.1, 0.15) is 17.4 Å². The standard InChI is InChI=1S/C25H25N5O4S3/c1-16-5-3-7-20(11-16)37(33,34)30(35)22-8-4-6-18-12-21(27-24(18)22)25-26-13-19(36-25)14-29-10-9-28(17(2)31)15-23(29)32/h3-8,11-13,27,35H,9-10,14-15H2,1-2H3. The molecule has 37 heavy (non-hydrogen) atoms. The lowest BCUT2D eigenvalue weighted by Gasteiger charge is -2.33. The van der Waals surface area contributed by atoms with Crippen molar-refractivity contribution >= 4 is 62.6 Å². The number of carbonyl (C=O) groups is 2. The van der Waals surface area contributed by atoms with E-state index in [1.54, 1.807) is 46.3 Å². The number of nitrogens with one attached hydrogen (secondary N) is 1. The van der Waals surface area contributed by atoms with Crippen LogP contribution in [0, 0.1) is 6.92 Å². The minimum Gasteiger partial charge on any atom is -0.351 e. The zero-order valence-corrected chi connectivity index (χ0v) is 22.7. The van der Waals surface area contributed by atoms with Crippen LogP contribution in [0.25, 0.3) is 21.6 Å². The summed E-state index contributed by atoms with van der Waals surface area (Å²) in [6.45, 7) is 4.82. The highest BCUT2D eigenvalue weighted by atomic mass is 32.3. The molecule has 1 aliphatic heterocycles. The summed E-state index contributed by atoms with van der Waals surface area (Å²) in [6.07, 6.45) is 1.74. The molecule has 4 aromatic rings. The number of thiol groups is 1. The lowest BCUT2D eigenvalue weighted by molar-refractivity contribution is -0.144. The summed E-state index contributed by atoms with van der Waals surface area (Å²) in [5, 5.41) is 1.54. The highest BCUT2D eigenvalue weighted by Crippen LogP contribution is 2.35. The molecule has 1 aliphatic rings. The van der Waals surface area contributed by atoms with Crippen molar-refractivity contribution in [2.24, 2.45) is 0 Å². The van der Waals surface area contributed by atoms with E-state index < -0.39 is 10.0 Å².